The van der Waals surface area contributed by atoms with Gasteiger partial charge in [-0.15, -0.1) is 0 Å². The van der Waals surface area contributed by atoms with Crippen molar-refractivity contribution in [2.45, 2.75) is 0 Å². The predicted molar refractivity (Wildman–Crippen MR) is 51.8 cm³/mol. The van der Waals surface area contributed by atoms with Crippen molar-refractivity contribution in [2.24, 2.45) is 0 Å². The lowest BCUT2D eigenvalue weighted by Crippen LogP contribution is -2.29. The SMILES string of the molecule is O=Cc1ccc(B(O)O)cc1.O[B]O. The highest BCUT2D eigenvalue weighted by molar-refractivity contribution is 6.58. The summed E-state index contributed by atoms with van der Waals surface area (Å²) in [6.07, 6.45) is 0.702. The topological polar surface area (TPSA) is 98.0 Å². The highest BCUT2D eigenvalue weighted by Gasteiger charge is 2.08. The first-order valence-corrected chi connectivity index (χ1v) is 3.67. The van der Waals surface area contributed by atoms with Crippen LogP contribution < -0.4 is 5.46 Å². The number of hydrogen-bond acceptors (Lipinski definition) is 5. The molecule has 0 aliphatic rings. The number of rotatable bonds is 2. The molecule has 7 heteroatoms. The summed E-state index contributed by atoms with van der Waals surface area (Å²) in [5.74, 6) is 0. The van der Waals surface area contributed by atoms with Gasteiger partial charge in [-0.2, -0.15) is 0 Å². The third-order valence-electron chi connectivity index (χ3n) is 1.37. The van der Waals surface area contributed by atoms with E-state index in [4.69, 9.17) is 20.1 Å². The van der Waals surface area contributed by atoms with Crippen LogP contribution in [0.15, 0.2) is 24.3 Å². The van der Waals surface area contributed by atoms with E-state index in [1.54, 1.807) is 0 Å². The summed E-state index contributed by atoms with van der Waals surface area (Å²) in [5.41, 5.74) is 0.907. The van der Waals surface area contributed by atoms with Crippen molar-refractivity contribution >= 4 is 26.6 Å². The molecule has 0 aliphatic heterocycles. The standard InChI is InChI=1S/C7H7BO3.BH2O2/c9-5-6-1-3-7(4-2-6)8(10)11;2-1-3/h1-5,10-11H;2-3H. The summed E-state index contributed by atoms with van der Waals surface area (Å²) in [5, 5.41) is 31.3. The van der Waals surface area contributed by atoms with Crippen LogP contribution in [0.3, 0.4) is 0 Å². The molecule has 0 heterocycles. The van der Waals surface area contributed by atoms with Crippen LogP contribution in [0.1, 0.15) is 10.4 Å². The van der Waals surface area contributed by atoms with Crippen LogP contribution >= 0.6 is 0 Å². The van der Waals surface area contributed by atoms with Crippen LogP contribution in [-0.2, 0) is 0 Å². The van der Waals surface area contributed by atoms with Gasteiger partial charge >= 0.3 is 14.8 Å². The first-order valence-electron chi connectivity index (χ1n) is 3.67. The Bertz CT molecular complexity index is 261. The molecule has 0 atom stereocenters. The van der Waals surface area contributed by atoms with Gasteiger partial charge in [0, 0.05) is 5.56 Å². The molecule has 4 N–H and O–H groups in total. The average Bonchev–Trinajstić information content (AvgIpc) is 2.19. The minimum absolute atomic E-state index is 0. The fraction of sp³-hybridized carbons (Fsp3) is 0. The van der Waals surface area contributed by atoms with Crippen LogP contribution in [0.4, 0.5) is 0 Å². The summed E-state index contributed by atoms with van der Waals surface area (Å²) >= 11 is 0. The molecule has 1 radical (unpaired) electrons. The molecule has 5 nitrogen and oxygen atoms in total. The maximum atomic E-state index is 10.2. The maximum absolute atomic E-state index is 10.2. The minimum Gasteiger partial charge on any atom is -0.429 e. The lowest BCUT2D eigenvalue weighted by atomic mass is 9.80. The minimum atomic E-state index is -1.46. The molecule has 0 bridgehead atoms. The van der Waals surface area contributed by atoms with Crippen molar-refractivity contribution in [3.63, 3.8) is 0 Å². The highest BCUT2D eigenvalue weighted by atomic mass is 16.4. The fourth-order valence-corrected chi connectivity index (χ4v) is 0.747. The summed E-state index contributed by atoms with van der Waals surface area (Å²) in [4.78, 5) is 10.2. The quantitative estimate of drug-likeness (QED) is 0.313. The van der Waals surface area contributed by atoms with Crippen LogP contribution in [-0.4, -0.2) is 41.2 Å². The molecule has 0 aliphatic carbocycles. The summed E-state index contributed by atoms with van der Waals surface area (Å²) in [7, 11) is -1.46. The third kappa shape index (κ3) is 4.78. The number of carbonyl (C=O) groups is 1. The van der Waals surface area contributed by atoms with Gasteiger partial charge in [0.25, 0.3) is 0 Å². The second kappa shape index (κ2) is 7.28. The van der Waals surface area contributed by atoms with E-state index in [0.717, 1.165) is 0 Å². The Morgan fingerprint density at radius 3 is 1.86 bits per heavy atom. The van der Waals surface area contributed by atoms with Crippen LogP contribution in [0.5, 0.6) is 0 Å². The maximum Gasteiger partial charge on any atom is 0.488 e. The van der Waals surface area contributed by atoms with Gasteiger partial charge in [0.05, 0.1) is 0 Å². The number of benzene rings is 1. The molecule has 1 rings (SSSR count). The Balaban J connectivity index is 0.000000500. The van der Waals surface area contributed by atoms with Gasteiger partial charge in [-0.1, -0.05) is 24.3 Å². The molecule has 0 amide bonds. The molecule has 1 aromatic rings. The van der Waals surface area contributed by atoms with Gasteiger partial charge in [0.15, 0.2) is 0 Å². The lowest BCUT2D eigenvalue weighted by Gasteiger charge is -1.97. The van der Waals surface area contributed by atoms with Gasteiger partial charge in [-0.05, 0) is 5.46 Å². The molecule has 0 saturated heterocycles. The molecule has 0 fully saturated rings. The summed E-state index contributed by atoms with van der Waals surface area (Å²) < 4.78 is 0. The van der Waals surface area contributed by atoms with E-state index in [-0.39, 0.29) is 7.69 Å². The first kappa shape index (κ1) is 12.9. The van der Waals surface area contributed by atoms with Crippen molar-refractivity contribution in [3.8, 4) is 0 Å². The molecular weight excluding hydrogens is 186 g/mol. The van der Waals surface area contributed by atoms with E-state index >= 15 is 0 Å². The molecule has 1 aromatic carbocycles. The van der Waals surface area contributed by atoms with Gasteiger partial charge in [0.1, 0.15) is 6.29 Å². The molecule has 0 saturated carbocycles. The molecule has 73 valence electrons. The second-order valence-corrected chi connectivity index (χ2v) is 2.27. The summed E-state index contributed by atoms with van der Waals surface area (Å²) in [6.45, 7) is 0. The average molecular weight is 195 g/mol. The summed E-state index contributed by atoms with van der Waals surface area (Å²) in [6, 6.07) is 6.05. The van der Waals surface area contributed by atoms with E-state index in [1.807, 2.05) is 0 Å². The van der Waals surface area contributed by atoms with Crippen molar-refractivity contribution in [3.05, 3.63) is 29.8 Å². The monoisotopic (exact) mass is 195 g/mol. The van der Waals surface area contributed by atoms with Crippen molar-refractivity contribution in [2.75, 3.05) is 0 Å². The molecule has 0 aromatic heterocycles. The molecule has 0 spiro atoms. The largest absolute Gasteiger partial charge is 0.488 e. The van der Waals surface area contributed by atoms with E-state index < -0.39 is 7.12 Å². The van der Waals surface area contributed by atoms with Gasteiger partial charge in [0.2, 0.25) is 0 Å². The van der Waals surface area contributed by atoms with E-state index in [9.17, 15) is 4.79 Å². The fourth-order valence-electron chi connectivity index (χ4n) is 0.747. The van der Waals surface area contributed by atoms with Crippen molar-refractivity contribution in [1.82, 2.24) is 0 Å². The normalized spacial score (nSPS) is 8.29. The van der Waals surface area contributed by atoms with Crippen LogP contribution in [0.25, 0.3) is 0 Å². The first-order chi connectivity index (χ1) is 6.65. The second-order valence-electron chi connectivity index (χ2n) is 2.27. The molecule has 14 heavy (non-hydrogen) atoms. The van der Waals surface area contributed by atoms with Crippen LogP contribution in [0, 0.1) is 0 Å². The zero-order valence-corrected chi connectivity index (χ0v) is 7.24. The number of aldehydes is 1. The number of hydrogen-bond donors (Lipinski definition) is 4. The van der Waals surface area contributed by atoms with Crippen molar-refractivity contribution in [1.29, 1.82) is 0 Å². The Morgan fingerprint density at radius 1 is 1.14 bits per heavy atom. The van der Waals surface area contributed by atoms with E-state index in [0.29, 0.717) is 17.3 Å². The van der Waals surface area contributed by atoms with E-state index in [2.05, 4.69) is 0 Å². The molecular formula is C7H9B2O5. The van der Waals surface area contributed by atoms with Gasteiger partial charge in [-0.3, -0.25) is 4.79 Å². The number of carbonyl (C=O) groups excluding carboxylic acids is 1. The Kier molecular flexibility index (Phi) is 6.69. The zero-order chi connectivity index (χ0) is 11.0. The lowest BCUT2D eigenvalue weighted by molar-refractivity contribution is 0.112. The van der Waals surface area contributed by atoms with E-state index in [1.165, 1.54) is 24.3 Å². The predicted octanol–water partition coefficient (Wildman–Crippen LogP) is -2.32. The zero-order valence-electron chi connectivity index (χ0n) is 7.24. The Morgan fingerprint density at radius 2 is 1.57 bits per heavy atom. The van der Waals surface area contributed by atoms with Gasteiger partial charge in [-0.25, -0.2) is 0 Å². The Labute approximate surface area is 82.1 Å². The van der Waals surface area contributed by atoms with Crippen molar-refractivity contribution < 1.29 is 24.9 Å². The highest BCUT2D eigenvalue weighted by Crippen LogP contribution is 1.91. The third-order valence-corrected chi connectivity index (χ3v) is 1.37. The van der Waals surface area contributed by atoms with Crippen LogP contribution in [0.2, 0.25) is 0 Å². The Hall–Kier alpha value is -1.14. The smallest absolute Gasteiger partial charge is 0.429 e. The van der Waals surface area contributed by atoms with Gasteiger partial charge < -0.3 is 20.1 Å². The molecule has 0 unspecified atom stereocenters.